The SMILES string of the molecule is CC/C=C\C/C=C\C/C=C\C/C=C\C/C=C\C/C=C\C/C=C\CCCC(=O)OC(COC(=O)CCCCCCC)COC(=O)CCCCCCCCCCCCCCCCCCCCCCCCCCCCCCC. The van der Waals surface area contributed by atoms with Crippen molar-refractivity contribution >= 4 is 17.9 Å². The van der Waals surface area contributed by atoms with Gasteiger partial charge in [0.2, 0.25) is 0 Å². The van der Waals surface area contributed by atoms with E-state index in [0.29, 0.717) is 19.3 Å². The molecule has 0 fully saturated rings. The van der Waals surface area contributed by atoms with Crippen LogP contribution in [0.25, 0.3) is 0 Å². The summed E-state index contributed by atoms with van der Waals surface area (Å²) in [6.07, 6.45) is 83.8. The Kier molecular flexibility index (Phi) is 60.3. The Balaban J connectivity index is 4.07. The largest absolute Gasteiger partial charge is 0.462 e. The minimum atomic E-state index is -0.803. The molecule has 0 radical (unpaired) electrons. The predicted molar refractivity (Wildman–Crippen MR) is 325 cm³/mol. The number of carbonyl (C=O) groups excluding carboxylic acids is 3. The highest BCUT2D eigenvalue weighted by atomic mass is 16.6. The zero-order valence-corrected chi connectivity index (χ0v) is 49.6. The second kappa shape index (κ2) is 63.1. The Morgan fingerprint density at radius 2 is 0.520 bits per heavy atom. The van der Waals surface area contributed by atoms with Crippen LogP contribution in [0.4, 0.5) is 0 Å². The van der Waals surface area contributed by atoms with Gasteiger partial charge in [0.05, 0.1) is 0 Å². The number of hydrogen-bond acceptors (Lipinski definition) is 6. The van der Waals surface area contributed by atoms with Gasteiger partial charge in [-0.3, -0.25) is 14.4 Å². The molecule has 0 bridgehead atoms. The van der Waals surface area contributed by atoms with E-state index >= 15 is 0 Å². The lowest BCUT2D eigenvalue weighted by molar-refractivity contribution is -0.167. The van der Waals surface area contributed by atoms with Gasteiger partial charge in [-0.25, -0.2) is 0 Å². The normalized spacial score (nSPS) is 12.6. The summed E-state index contributed by atoms with van der Waals surface area (Å²) in [6.45, 7) is 6.42. The van der Waals surface area contributed by atoms with Crippen molar-refractivity contribution in [1.82, 2.24) is 0 Å². The van der Waals surface area contributed by atoms with Crippen LogP contribution in [-0.4, -0.2) is 37.2 Å². The highest BCUT2D eigenvalue weighted by Gasteiger charge is 2.19. The maximum atomic E-state index is 12.8. The first-order valence-corrected chi connectivity index (χ1v) is 32.1. The van der Waals surface area contributed by atoms with E-state index < -0.39 is 6.10 Å². The summed E-state index contributed by atoms with van der Waals surface area (Å²) in [6, 6.07) is 0. The second-order valence-corrected chi connectivity index (χ2v) is 21.3. The van der Waals surface area contributed by atoms with Gasteiger partial charge in [0, 0.05) is 19.3 Å². The van der Waals surface area contributed by atoms with Gasteiger partial charge in [0.25, 0.3) is 0 Å². The molecule has 6 nitrogen and oxygen atoms in total. The lowest BCUT2D eigenvalue weighted by Crippen LogP contribution is -2.30. The number of carbonyl (C=O) groups is 3. The number of ether oxygens (including phenoxy) is 3. The molecule has 0 rings (SSSR count). The molecule has 0 amide bonds. The highest BCUT2D eigenvalue weighted by molar-refractivity contribution is 5.71. The Labute approximate surface area is 465 Å². The molecule has 0 aliphatic heterocycles. The molecule has 0 N–H and O–H groups in total. The van der Waals surface area contributed by atoms with E-state index in [4.69, 9.17) is 14.2 Å². The average Bonchev–Trinajstić information content (AvgIpc) is 3.41. The van der Waals surface area contributed by atoms with Gasteiger partial charge in [-0.15, -0.1) is 0 Å². The first-order chi connectivity index (χ1) is 37.0. The molecule has 0 aliphatic rings. The van der Waals surface area contributed by atoms with E-state index in [0.717, 1.165) is 103 Å². The van der Waals surface area contributed by atoms with Gasteiger partial charge in [-0.2, -0.15) is 0 Å². The molecule has 432 valence electrons. The smallest absolute Gasteiger partial charge is 0.306 e. The van der Waals surface area contributed by atoms with E-state index in [-0.39, 0.29) is 37.5 Å². The van der Waals surface area contributed by atoms with Crippen LogP contribution in [0, 0.1) is 0 Å². The molecule has 0 aromatic carbocycles. The van der Waals surface area contributed by atoms with Gasteiger partial charge in [0.1, 0.15) is 13.2 Å². The standard InChI is InChI=1S/C69H120O6/c1-4-7-10-13-15-17-19-21-23-25-27-29-31-32-33-34-35-36-38-39-41-43-45-47-49-51-53-56-59-62-68(71)74-65-66(64-73-67(70)61-58-55-12-9-6-3)75-69(72)63-60-57-54-52-50-48-46-44-42-40-37-30-28-26-24-22-20-18-16-14-11-8-5-2/h8,11,16,18,22,24,28,30,40,42,46,48,52,54,66H,4-7,9-10,12-15,17,19-21,23,25-27,29,31-39,41,43-45,47,49-51,53,55-65H2,1-3H3/b11-8-,18-16-,24-22-,30-28-,42-40-,48-46-,54-52-. The zero-order valence-electron chi connectivity index (χ0n) is 49.6. The quantitative estimate of drug-likeness (QED) is 0.0261. The third kappa shape index (κ3) is 61.3. The number of hydrogen-bond donors (Lipinski definition) is 0. The molecular weight excluding hydrogens is 925 g/mol. The van der Waals surface area contributed by atoms with Crippen molar-refractivity contribution in [3.8, 4) is 0 Å². The van der Waals surface area contributed by atoms with Gasteiger partial charge < -0.3 is 14.2 Å². The lowest BCUT2D eigenvalue weighted by atomic mass is 10.0. The van der Waals surface area contributed by atoms with Crippen LogP contribution in [0.2, 0.25) is 0 Å². The average molecular weight is 1050 g/mol. The fraction of sp³-hybridized carbons (Fsp3) is 0.754. The van der Waals surface area contributed by atoms with Crippen LogP contribution in [-0.2, 0) is 28.6 Å². The van der Waals surface area contributed by atoms with Crippen LogP contribution >= 0.6 is 0 Å². The summed E-state index contributed by atoms with van der Waals surface area (Å²) >= 11 is 0. The minimum absolute atomic E-state index is 0.0974. The Bertz CT molecular complexity index is 1430. The summed E-state index contributed by atoms with van der Waals surface area (Å²) in [4.78, 5) is 37.9. The van der Waals surface area contributed by atoms with Crippen molar-refractivity contribution in [2.75, 3.05) is 13.2 Å². The number of esters is 3. The highest BCUT2D eigenvalue weighted by Crippen LogP contribution is 2.17. The Morgan fingerprint density at radius 1 is 0.280 bits per heavy atom. The van der Waals surface area contributed by atoms with Crippen molar-refractivity contribution in [3.63, 3.8) is 0 Å². The molecule has 0 aromatic heterocycles. The van der Waals surface area contributed by atoms with Crippen molar-refractivity contribution in [1.29, 1.82) is 0 Å². The molecule has 0 saturated carbocycles. The van der Waals surface area contributed by atoms with Gasteiger partial charge in [0.15, 0.2) is 6.10 Å². The van der Waals surface area contributed by atoms with Crippen LogP contribution in [0.15, 0.2) is 85.1 Å². The fourth-order valence-corrected chi connectivity index (χ4v) is 9.14. The topological polar surface area (TPSA) is 78.9 Å². The molecule has 1 atom stereocenters. The molecule has 6 heteroatoms. The molecule has 0 aliphatic carbocycles. The Hall–Kier alpha value is -3.41. The molecule has 0 aromatic rings. The van der Waals surface area contributed by atoms with Crippen molar-refractivity contribution < 1.29 is 28.6 Å². The zero-order chi connectivity index (χ0) is 54.3. The first kappa shape index (κ1) is 71.6. The molecule has 0 heterocycles. The Morgan fingerprint density at radius 3 is 0.800 bits per heavy atom. The first-order valence-electron chi connectivity index (χ1n) is 32.1. The predicted octanol–water partition coefficient (Wildman–Crippen LogP) is 21.9. The minimum Gasteiger partial charge on any atom is -0.462 e. The summed E-state index contributed by atoms with van der Waals surface area (Å²) in [7, 11) is 0. The molecule has 1 unspecified atom stereocenters. The summed E-state index contributed by atoms with van der Waals surface area (Å²) in [5.74, 6) is -0.963. The molecule has 0 spiro atoms. The van der Waals surface area contributed by atoms with Gasteiger partial charge in [-0.1, -0.05) is 311 Å². The van der Waals surface area contributed by atoms with E-state index in [1.807, 2.05) is 0 Å². The maximum absolute atomic E-state index is 12.8. The number of unbranched alkanes of at least 4 members (excludes halogenated alkanes) is 33. The van der Waals surface area contributed by atoms with E-state index in [9.17, 15) is 14.4 Å². The maximum Gasteiger partial charge on any atom is 0.306 e. The number of allylic oxidation sites excluding steroid dienone is 14. The van der Waals surface area contributed by atoms with Crippen molar-refractivity contribution in [3.05, 3.63) is 85.1 Å². The fourth-order valence-electron chi connectivity index (χ4n) is 9.14. The van der Waals surface area contributed by atoms with E-state index in [1.54, 1.807) is 0 Å². The summed E-state index contributed by atoms with van der Waals surface area (Å²) in [5.41, 5.74) is 0. The number of rotatable bonds is 58. The third-order valence-corrected chi connectivity index (χ3v) is 13.9. The van der Waals surface area contributed by atoms with Crippen LogP contribution in [0.5, 0.6) is 0 Å². The lowest BCUT2D eigenvalue weighted by Gasteiger charge is -2.18. The summed E-state index contributed by atoms with van der Waals surface area (Å²) in [5, 5.41) is 0. The van der Waals surface area contributed by atoms with E-state index in [1.165, 1.54) is 167 Å². The van der Waals surface area contributed by atoms with Crippen LogP contribution in [0.3, 0.4) is 0 Å². The van der Waals surface area contributed by atoms with E-state index in [2.05, 4.69) is 106 Å². The van der Waals surface area contributed by atoms with Gasteiger partial charge >= 0.3 is 17.9 Å². The van der Waals surface area contributed by atoms with Gasteiger partial charge in [-0.05, 0) is 70.6 Å². The van der Waals surface area contributed by atoms with Crippen LogP contribution < -0.4 is 0 Å². The second-order valence-electron chi connectivity index (χ2n) is 21.3. The van der Waals surface area contributed by atoms with Crippen molar-refractivity contribution in [2.45, 2.75) is 322 Å². The molecule has 75 heavy (non-hydrogen) atoms. The third-order valence-electron chi connectivity index (χ3n) is 13.9. The van der Waals surface area contributed by atoms with Crippen LogP contribution in [0.1, 0.15) is 316 Å². The van der Waals surface area contributed by atoms with Crippen molar-refractivity contribution in [2.24, 2.45) is 0 Å². The molecule has 0 saturated heterocycles. The molecular formula is C69H120O6. The summed E-state index contributed by atoms with van der Waals surface area (Å²) < 4.78 is 16.7. The monoisotopic (exact) mass is 1040 g/mol.